The van der Waals surface area contributed by atoms with Crippen molar-refractivity contribution >= 4 is 31.2 Å². The first kappa shape index (κ1) is 36.7. The molecule has 0 aromatic carbocycles. The molecule has 3 amide bonds. The summed E-state index contributed by atoms with van der Waals surface area (Å²) in [5.74, 6) is -1.94. The second-order valence-corrected chi connectivity index (χ2v) is 15.1. The van der Waals surface area contributed by atoms with E-state index in [1.165, 1.54) is 4.90 Å². The number of nitrogens with zero attached hydrogens (tertiary/aromatic N) is 1. The largest absolute Gasteiger partial charge is 0.479 e. The number of hydrogen-bond acceptors (Lipinski definition) is 8. The molecule has 2 unspecified atom stereocenters. The molecule has 0 aromatic rings. The first-order chi connectivity index (χ1) is 19.4. The molecule has 246 valence electrons. The van der Waals surface area contributed by atoms with Gasteiger partial charge >= 0.3 is 25.3 Å². The molecule has 43 heavy (non-hydrogen) atoms. The van der Waals surface area contributed by atoms with Crippen molar-refractivity contribution in [2.24, 2.45) is 5.92 Å². The summed E-state index contributed by atoms with van der Waals surface area (Å²) >= 11 is 0. The molecule has 2 rings (SSSR count). The highest BCUT2D eigenvalue weighted by molar-refractivity contribution is 6.45. The quantitative estimate of drug-likeness (QED) is 0.235. The van der Waals surface area contributed by atoms with Crippen molar-refractivity contribution in [3.63, 3.8) is 0 Å². The third-order valence-corrected chi connectivity index (χ3v) is 8.07. The highest BCUT2D eigenvalue weighted by Gasteiger charge is 2.55. The highest BCUT2D eigenvalue weighted by atomic mass is 16.7. The van der Waals surface area contributed by atoms with E-state index in [4.69, 9.17) is 18.8 Å². The van der Waals surface area contributed by atoms with E-state index in [0.29, 0.717) is 19.2 Å². The van der Waals surface area contributed by atoms with Gasteiger partial charge in [-0.15, -0.1) is 0 Å². The first-order valence-corrected chi connectivity index (χ1v) is 15.3. The lowest BCUT2D eigenvalue weighted by Gasteiger charge is -2.35. The topological polar surface area (TPSA) is 153 Å². The van der Waals surface area contributed by atoms with Crippen LogP contribution in [0.15, 0.2) is 0 Å². The van der Waals surface area contributed by atoms with Crippen LogP contribution in [0, 0.1) is 5.92 Å². The number of carbonyl (C=O) groups excluding carboxylic acids is 3. The van der Waals surface area contributed by atoms with Crippen LogP contribution >= 0.6 is 0 Å². The van der Waals surface area contributed by atoms with E-state index in [-0.39, 0.29) is 25.3 Å². The van der Waals surface area contributed by atoms with Gasteiger partial charge in [-0.05, 0) is 87.9 Å². The Balaban J connectivity index is 2.20. The molecule has 13 heteroatoms. The summed E-state index contributed by atoms with van der Waals surface area (Å²) in [5.41, 5.74) is -4.11. The fourth-order valence-corrected chi connectivity index (χ4v) is 5.26. The van der Waals surface area contributed by atoms with Crippen molar-refractivity contribution in [1.82, 2.24) is 15.5 Å². The number of amides is 3. The third-order valence-electron chi connectivity index (χ3n) is 8.07. The lowest BCUT2D eigenvalue weighted by Crippen LogP contribution is -2.54. The maximum Gasteiger partial charge on any atom is 0.457 e. The molecular formula is C30H54BN3O9. The molecule has 0 radical (unpaired) electrons. The maximum atomic E-state index is 13.3. The third kappa shape index (κ3) is 9.73. The number of nitrogens with one attached hydrogen (secondary N) is 2. The Bertz CT molecular complexity index is 1020. The zero-order chi connectivity index (χ0) is 33.2. The number of alkyl carbamates (subject to hydrolysis) is 1. The van der Waals surface area contributed by atoms with E-state index in [9.17, 15) is 24.3 Å². The number of hydrogen-bond donors (Lipinski definition) is 3. The molecule has 12 nitrogen and oxygen atoms in total. The van der Waals surface area contributed by atoms with Gasteiger partial charge in [-0.1, -0.05) is 26.7 Å². The van der Waals surface area contributed by atoms with E-state index in [1.807, 2.05) is 27.7 Å². The molecule has 0 spiro atoms. The molecule has 2 aliphatic rings. The second-order valence-electron chi connectivity index (χ2n) is 15.1. The van der Waals surface area contributed by atoms with Crippen LogP contribution in [0.4, 0.5) is 9.59 Å². The minimum atomic E-state index is -1.60. The number of carbonyl (C=O) groups is 4. The van der Waals surface area contributed by atoms with E-state index in [0.717, 1.165) is 0 Å². The maximum absolute atomic E-state index is 13.3. The molecule has 0 aromatic heterocycles. The zero-order valence-electron chi connectivity index (χ0n) is 28.2. The predicted octanol–water partition coefficient (Wildman–Crippen LogP) is 4.75. The zero-order valence-corrected chi connectivity index (χ0v) is 28.2. The van der Waals surface area contributed by atoms with Gasteiger partial charge in [0.05, 0.1) is 11.2 Å². The van der Waals surface area contributed by atoms with Crippen molar-refractivity contribution in [2.45, 2.75) is 155 Å². The molecule has 2 saturated heterocycles. The number of carboxylic acid groups (broad SMARTS) is 1. The van der Waals surface area contributed by atoms with Gasteiger partial charge in [-0.25, -0.2) is 14.4 Å². The molecule has 2 fully saturated rings. The normalized spacial score (nSPS) is 24.1. The minimum absolute atomic E-state index is 0.0128. The van der Waals surface area contributed by atoms with Gasteiger partial charge < -0.3 is 34.5 Å². The predicted molar refractivity (Wildman–Crippen MR) is 163 cm³/mol. The van der Waals surface area contributed by atoms with Crippen LogP contribution in [-0.2, 0) is 28.4 Å². The van der Waals surface area contributed by atoms with E-state index in [1.54, 1.807) is 55.4 Å². The smallest absolute Gasteiger partial charge is 0.457 e. The summed E-state index contributed by atoms with van der Waals surface area (Å²) in [5, 5.41) is 16.0. The van der Waals surface area contributed by atoms with Crippen LogP contribution in [-0.4, -0.2) is 87.8 Å². The fraction of sp³-hybridized carbons (Fsp3) is 0.867. The average Bonchev–Trinajstić information content (AvgIpc) is 3.26. The van der Waals surface area contributed by atoms with Crippen LogP contribution in [0.5, 0.6) is 0 Å². The summed E-state index contributed by atoms with van der Waals surface area (Å²) < 4.78 is 23.1. The van der Waals surface area contributed by atoms with Gasteiger partial charge in [0.1, 0.15) is 22.8 Å². The molecule has 0 aliphatic carbocycles. The first-order valence-electron chi connectivity index (χ1n) is 15.3. The van der Waals surface area contributed by atoms with Crippen LogP contribution in [0.25, 0.3) is 0 Å². The Labute approximate surface area is 257 Å². The van der Waals surface area contributed by atoms with E-state index >= 15 is 0 Å². The van der Waals surface area contributed by atoms with Crippen molar-refractivity contribution in [3.8, 4) is 0 Å². The molecule has 3 atom stereocenters. The number of aliphatic carboxylic acids is 1. The lowest BCUT2D eigenvalue weighted by molar-refractivity contribution is -0.150. The minimum Gasteiger partial charge on any atom is -0.479 e. The summed E-state index contributed by atoms with van der Waals surface area (Å²) in [4.78, 5) is 53.2. The molecular weight excluding hydrogens is 557 g/mol. The average molecular weight is 612 g/mol. The lowest BCUT2D eigenvalue weighted by atomic mass is 9.80. The summed E-state index contributed by atoms with van der Waals surface area (Å²) in [6.45, 7) is 21.7. The highest BCUT2D eigenvalue weighted by Crippen LogP contribution is 2.40. The Hall–Kier alpha value is -2.54. The van der Waals surface area contributed by atoms with Crippen molar-refractivity contribution < 1.29 is 43.1 Å². The number of likely N-dealkylation sites (tertiary alicyclic amines) is 1. The molecule has 2 aliphatic heterocycles. The van der Waals surface area contributed by atoms with Gasteiger partial charge in [0.15, 0.2) is 0 Å². The van der Waals surface area contributed by atoms with Crippen molar-refractivity contribution in [1.29, 1.82) is 0 Å². The van der Waals surface area contributed by atoms with Gasteiger partial charge in [-0.3, -0.25) is 9.69 Å². The second kappa shape index (κ2) is 13.2. The van der Waals surface area contributed by atoms with Crippen molar-refractivity contribution in [2.75, 3.05) is 6.54 Å². The molecule has 2 heterocycles. The van der Waals surface area contributed by atoms with Crippen LogP contribution in [0.1, 0.15) is 109 Å². The number of carboxylic acids is 1. The standard InChI is InChI=1S/C30H54BN3O9/c1-19(2)21(33-24(38)40-26(3,4)5)22(35)32-20-17-30(23(36)37,34(18-20)25(39)41-27(6,7)8)15-13-14-16-31-42-28(9,10)29(11,12)43-31/h19-21H,13-18H2,1-12H3,(H,32,35)(H,33,38)(H,36,37)/t20?,21-,30?/m1/s1. The van der Waals surface area contributed by atoms with Gasteiger partial charge in [0, 0.05) is 19.0 Å². The SMILES string of the molecule is CC(C)[C@@H](NC(=O)OC(C)(C)C)C(=O)NC1CN(C(=O)OC(C)(C)C)C(CCCCB2OC(C)(C)C(C)(C)O2)(C(=O)O)C1. The van der Waals surface area contributed by atoms with Crippen LogP contribution in [0.2, 0.25) is 6.32 Å². The van der Waals surface area contributed by atoms with Crippen LogP contribution in [0.3, 0.4) is 0 Å². The monoisotopic (exact) mass is 611 g/mol. The Kier molecular flexibility index (Phi) is 11.3. The molecule has 0 bridgehead atoms. The van der Waals surface area contributed by atoms with E-state index in [2.05, 4.69) is 10.6 Å². The number of unbranched alkanes of at least 4 members (excludes halogenated alkanes) is 1. The summed E-state index contributed by atoms with van der Waals surface area (Å²) in [7, 11) is -0.409. The number of ether oxygens (including phenoxy) is 2. The van der Waals surface area contributed by atoms with Gasteiger partial charge in [-0.2, -0.15) is 0 Å². The Morgan fingerprint density at radius 1 is 0.953 bits per heavy atom. The Morgan fingerprint density at radius 3 is 1.95 bits per heavy atom. The summed E-state index contributed by atoms with van der Waals surface area (Å²) in [6.07, 6.45) is 0.306. The number of rotatable bonds is 10. The molecule has 3 N–H and O–H groups in total. The summed E-state index contributed by atoms with van der Waals surface area (Å²) in [6, 6.07) is -1.61. The van der Waals surface area contributed by atoms with E-state index < -0.39 is 71.2 Å². The molecule has 0 saturated carbocycles. The van der Waals surface area contributed by atoms with Crippen molar-refractivity contribution in [3.05, 3.63) is 0 Å². The van der Waals surface area contributed by atoms with Crippen LogP contribution < -0.4 is 10.6 Å². The van der Waals surface area contributed by atoms with Gasteiger partial charge in [0.25, 0.3) is 0 Å². The fourth-order valence-electron chi connectivity index (χ4n) is 5.26. The van der Waals surface area contributed by atoms with Gasteiger partial charge in [0.2, 0.25) is 5.91 Å². The Morgan fingerprint density at radius 2 is 1.49 bits per heavy atom.